The summed E-state index contributed by atoms with van der Waals surface area (Å²) in [5, 5.41) is 0. The SMILES string of the molecule is CCOC(=O)C1CCC[C@@H]1N. The highest BCUT2D eigenvalue weighted by molar-refractivity contribution is 5.73. The Morgan fingerprint density at radius 2 is 2.36 bits per heavy atom. The van der Waals surface area contributed by atoms with Gasteiger partial charge in [-0.3, -0.25) is 4.79 Å². The maximum Gasteiger partial charge on any atom is 0.310 e. The molecule has 64 valence electrons. The number of rotatable bonds is 2. The lowest BCUT2D eigenvalue weighted by Gasteiger charge is -2.12. The van der Waals surface area contributed by atoms with Crippen molar-refractivity contribution in [3.05, 3.63) is 0 Å². The van der Waals surface area contributed by atoms with Crippen LogP contribution in [-0.4, -0.2) is 18.6 Å². The van der Waals surface area contributed by atoms with Gasteiger partial charge in [-0.05, 0) is 19.8 Å². The predicted molar refractivity (Wildman–Crippen MR) is 41.9 cm³/mol. The van der Waals surface area contributed by atoms with Crippen LogP contribution in [0.15, 0.2) is 0 Å². The molecule has 11 heavy (non-hydrogen) atoms. The van der Waals surface area contributed by atoms with Crippen LogP contribution in [0.4, 0.5) is 0 Å². The van der Waals surface area contributed by atoms with E-state index < -0.39 is 0 Å². The zero-order chi connectivity index (χ0) is 8.27. The number of hydrogen-bond acceptors (Lipinski definition) is 3. The minimum Gasteiger partial charge on any atom is -0.466 e. The quantitative estimate of drug-likeness (QED) is 0.599. The van der Waals surface area contributed by atoms with Gasteiger partial charge in [-0.2, -0.15) is 0 Å². The van der Waals surface area contributed by atoms with Crippen molar-refractivity contribution in [1.29, 1.82) is 0 Å². The average molecular weight is 157 g/mol. The van der Waals surface area contributed by atoms with E-state index in [2.05, 4.69) is 0 Å². The lowest BCUT2D eigenvalue weighted by molar-refractivity contribution is -0.148. The van der Waals surface area contributed by atoms with E-state index in [4.69, 9.17) is 10.5 Å². The van der Waals surface area contributed by atoms with Gasteiger partial charge in [0.15, 0.2) is 0 Å². The summed E-state index contributed by atoms with van der Waals surface area (Å²) < 4.78 is 4.88. The molecule has 1 aliphatic rings. The first-order valence-corrected chi connectivity index (χ1v) is 4.18. The summed E-state index contributed by atoms with van der Waals surface area (Å²) in [5.41, 5.74) is 5.71. The molecule has 0 aliphatic heterocycles. The van der Waals surface area contributed by atoms with Crippen molar-refractivity contribution in [2.24, 2.45) is 11.7 Å². The predicted octanol–water partition coefficient (Wildman–Crippen LogP) is 0.677. The third-order valence-electron chi connectivity index (χ3n) is 2.16. The number of carbonyl (C=O) groups excluding carboxylic acids is 1. The second-order valence-corrected chi connectivity index (χ2v) is 2.95. The fourth-order valence-electron chi connectivity index (χ4n) is 1.53. The van der Waals surface area contributed by atoms with Gasteiger partial charge in [0.25, 0.3) is 0 Å². The van der Waals surface area contributed by atoms with Crippen LogP contribution in [0.2, 0.25) is 0 Å². The molecule has 1 aliphatic carbocycles. The first-order chi connectivity index (χ1) is 5.25. The third-order valence-corrected chi connectivity index (χ3v) is 2.16. The second kappa shape index (κ2) is 3.72. The van der Waals surface area contributed by atoms with Crippen molar-refractivity contribution >= 4 is 5.97 Å². The number of ether oxygens (including phenoxy) is 1. The van der Waals surface area contributed by atoms with Crippen molar-refractivity contribution < 1.29 is 9.53 Å². The highest BCUT2D eigenvalue weighted by Gasteiger charge is 2.31. The van der Waals surface area contributed by atoms with E-state index in [-0.39, 0.29) is 17.9 Å². The van der Waals surface area contributed by atoms with Gasteiger partial charge < -0.3 is 10.5 Å². The second-order valence-electron chi connectivity index (χ2n) is 2.95. The van der Waals surface area contributed by atoms with Crippen LogP contribution in [0.1, 0.15) is 26.2 Å². The Morgan fingerprint density at radius 3 is 2.82 bits per heavy atom. The van der Waals surface area contributed by atoms with Crippen molar-refractivity contribution in [2.75, 3.05) is 6.61 Å². The molecule has 0 aromatic heterocycles. The fourth-order valence-corrected chi connectivity index (χ4v) is 1.53. The molecular formula is C8H15NO2. The Morgan fingerprint density at radius 1 is 1.64 bits per heavy atom. The summed E-state index contributed by atoms with van der Waals surface area (Å²) in [6.45, 7) is 2.28. The molecule has 0 bridgehead atoms. The van der Waals surface area contributed by atoms with Gasteiger partial charge in [0.1, 0.15) is 0 Å². The molecule has 1 saturated carbocycles. The van der Waals surface area contributed by atoms with Crippen LogP contribution in [-0.2, 0) is 9.53 Å². The zero-order valence-electron chi connectivity index (χ0n) is 6.88. The normalized spacial score (nSPS) is 30.4. The fraction of sp³-hybridized carbons (Fsp3) is 0.875. The Kier molecular flexibility index (Phi) is 2.88. The van der Waals surface area contributed by atoms with Gasteiger partial charge in [0.2, 0.25) is 0 Å². The number of hydrogen-bond donors (Lipinski definition) is 1. The molecule has 0 amide bonds. The standard InChI is InChI=1S/C8H15NO2/c1-2-11-8(10)6-4-3-5-7(6)9/h6-7H,2-5,9H2,1H3/t6?,7-/m0/s1. The molecule has 0 radical (unpaired) electrons. The summed E-state index contributed by atoms with van der Waals surface area (Å²) in [4.78, 5) is 11.2. The Bertz CT molecular complexity index is 147. The molecule has 1 rings (SSSR count). The summed E-state index contributed by atoms with van der Waals surface area (Å²) in [5.74, 6) is -0.146. The average Bonchev–Trinajstić information content (AvgIpc) is 2.36. The number of nitrogens with two attached hydrogens (primary N) is 1. The van der Waals surface area contributed by atoms with Crippen molar-refractivity contribution in [3.8, 4) is 0 Å². The first-order valence-electron chi connectivity index (χ1n) is 4.18. The van der Waals surface area contributed by atoms with Gasteiger partial charge >= 0.3 is 5.97 Å². The molecule has 3 nitrogen and oxygen atoms in total. The summed E-state index contributed by atoms with van der Waals surface area (Å²) in [7, 11) is 0. The molecule has 0 heterocycles. The monoisotopic (exact) mass is 157 g/mol. The maximum atomic E-state index is 11.2. The van der Waals surface area contributed by atoms with E-state index in [0.29, 0.717) is 6.61 Å². The van der Waals surface area contributed by atoms with Gasteiger partial charge in [0.05, 0.1) is 12.5 Å². The highest BCUT2D eigenvalue weighted by atomic mass is 16.5. The van der Waals surface area contributed by atoms with E-state index in [1.807, 2.05) is 6.92 Å². The van der Waals surface area contributed by atoms with Crippen molar-refractivity contribution in [2.45, 2.75) is 32.2 Å². The smallest absolute Gasteiger partial charge is 0.310 e. The maximum absolute atomic E-state index is 11.2. The number of esters is 1. The van der Waals surface area contributed by atoms with E-state index in [1.54, 1.807) is 0 Å². The topological polar surface area (TPSA) is 52.3 Å². The van der Waals surface area contributed by atoms with E-state index in [0.717, 1.165) is 19.3 Å². The zero-order valence-corrected chi connectivity index (χ0v) is 6.88. The van der Waals surface area contributed by atoms with Crippen molar-refractivity contribution in [3.63, 3.8) is 0 Å². The first kappa shape index (κ1) is 8.53. The molecule has 0 aromatic rings. The van der Waals surface area contributed by atoms with Gasteiger partial charge in [-0.1, -0.05) is 6.42 Å². The molecular weight excluding hydrogens is 142 g/mol. The van der Waals surface area contributed by atoms with Gasteiger partial charge in [-0.15, -0.1) is 0 Å². The molecule has 0 aromatic carbocycles. The van der Waals surface area contributed by atoms with E-state index in [1.165, 1.54) is 0 Å². The minimum absolute atomic E-state index is 0.0325. The Labute approximate surface area is 66.9 Å². The van der Waals surface area contributed by atoms with Gasteiger partial charge in [-0.25, -0.2) is 0 Å². The largest absolute Gasteiger partial charge is 0.466 e. The Hall–Kier alpha value is -0.570. The van der Waals surface area contributed by atoms with E-state index in [9.17, 15) is 4.79 Å². The molecule has 1 fully saturated rings. The van der Waals surface area contributed by atoms with Crippen LogP contribution in [0.5, 0.6) is 0 Å². The molecule has 2 atom stereocenters. The lowest BCUT2D eigenvalue weighted by atomic mass is 10.1. The van der Waals surface area contributed by atoms with Crippen LogP contribution in [0.25, 0.3) is 0 Å². The molecule has 1 unspecified atom stereocenters. The molecule has 0 spiro atoms. The van der Waals surface area contributed by atoms with Crippen molar-refractivity contribution in [1.82, 2.24) is 0 Å². The van der Waals surface area contributed by atoms with Crippen LogP contribution in [0.3, 0.4) is 0 Å². The highest BCUT2D eigenvalue weighted by Crippen LogP contribution is 2.24. The van der Waals surface area contributed by atoms with Crippen LogP contribution >= 0.6 is 0 Å². The summed E-state index contributed by atoms with van der Waals surface area (Å²) >= 11 is 0. The Balaban J connectivity index is 2.39. The lowest BCUT2D eigenvalue weighted by Crippen LogP contribution is -2.31. The van der Waals surface area contributed by atoms with Gasteiger partial charge in [0, 0.05) is 6.04 Å². The van der Waals surface area contributed by atoms with Crippen LogP contribution < -0.4 is 5.73 Å². The molecule has 3 heteroatoms. The van der Waals surface area contributed by atoms with E-state index >= 15 is 0 Å². The number of carbonyl (C=O) groups is 1. The summed E-state index contributed by atoms with van der Waals surface area (Å²) in [6.07, 6.45) is 2.92. The molecule has 2 N–H and O–H groups in total. The van der Waals surface area contributed by atoms with Crippen LogP contribution in [0, 0.1) is 5.92 Å². The minimum atomic E-state index is -0.113. The summed E-state index contributed by atoms with van der Waals surface area (Å²) in [6, 6.07) is 0.0362. The molecule has 0 saturated heterocycles. The third kappa shape index (κ3) is 1.93.